The van der Waals surface area contributed by atoms with Gasteiger partial charge in [0.15, 0.2) is 0 Å². The topological polar surface area (TPSA) is 41.4 Å². The molecule has 2 aromatic rings. The van der Waals surface area contributed by atoms with Crippen molar-refractivity contribution in [3.05, 3.63) is 52.3 Å². The smallest absolute Gasteiger partial charge is 0.237 e. The molecule has 26 heavy (non-hydrogen) atoms. The van der Waals surface area contributed by atoms with Crippen LogP contribution in [0.1, 0.15) is 46.7 Å². The highest BCUT2D eigenvalue weighted by Gasteiger charge is 2.31. The number of hydrogen-bond acceptors (Lipinski definition) is 3. The van der Waals surface area contributed by atoms with Crippen LogP contribution in [-0.2, 0) is 24.9 Å². The molecule has 2 heterocycles. The van der Waals surface area contributed by atoms with Crippen molar-refractivity contribution in [2.45, 2.75) is 45.7 Å². The quantitative estimate of drug-likeness (QED) is 0.831. The maximum Gasteiger partial charge on any atom is 0.237 e. The lowest BCUT2D eigenvalue weighted by Crippen LogP contribution is -2.49. The largest absolute Gasteiger partial charge is 0.336 e. The van der Waals surface area contributed by atoms with Gasteiger partial charge in [0.1, 0.15) is 0 Å². The van der Waals surface area contributed by atoms with Crippen molar-refractivity contribution in [2.75, 3.05) is 19.6 Å². The van der Waals surface area contributed by atoms with Gasteiger partial charge in [-0.05, 0) is 32.3 Å². The van der Waals surface area contributed by atoms with Gasteiger partial charge in [0.25, 0.3) is 0 Å². The molecular weight excluding hydrogens is 324 g/mol. The van der Waals surface area contributed by atoms with Gasteiger partial charge in [-0.15, -0.1) is 0 Å². The van der Waals surface area contributed by atoms with Gasteiger partial charge in [-0.3, -0.25) is 14.4 Å². The van der Waals surface area contributed by atoms with Crippen molar-refractivity contribution in [1.29, 1.82) is 0 Å². The Labute approximate surface area is 155 Å². The average molecular weight is 352 g/mol. The lowest BCUT2D eigenvalue weighted by atomic mass is 10.1. The number of aryl methyl sites for hydroxylation is 3. The molecule has 0 N–H and O–H groups in total. The van der Waals surface area contributed by atoms with Crippen LogP contribution in [0.5, 0.6) is 0 Å². The first kappa shape index (κ1) is 17.3. The summed E-state index contributed by atoms with van der Waals surface area (Å²) >= 11 is 0. The Hall–Kier alpha value is -2.14. The molecule has 4 rings (SSSR count). The lowest BCUT2D eigenvalue weighted by molar-refractivity contribution is -0.136. The fourth-order valence-electron chi connectivity index (χ4n) is 4.18. The van der Waals surface area contributed by atoms with Gasteiger partial charge in [-0.25, -0.2) is 0 Å². The Bertz CT molecular complexity index is 801. The van der Waals surface area contributed by atoms with Crippen LogP contribution in [0.4, 0.5) is 0 Å². The first-order valence-electron chi connectivity index (χ1n) is 9.57. The first-order valence-corrected chi connectivity index (χ1v) is 9.57. The molecule has 1 amide bonds. The Balaban J connectivity index is 1.38. The van der Waals surface area contributed by atoms with E-state index in [1.54, 1.807) is 0 Å². The molecule has 0 radical (unpaired) electrons. The zero-order valence-corrected chi connectivity index (χ0v) is 16.0. The van der Waals surface area contributed by atoms with E-state index in [1.807, 2.05) is 22.8 Å². The average Bonchev–Trinajstić information content (AvgIpc) is 3.33. The van der Waals surface area contributed by atoms with E-state index in [1.165, 1.54) is 40.8 Å². The maximum absolute atomic E-state index is 12.7. The number of aromatic nitrogens is 2. The second-order valence-electron chi connectivity index (χ2n) is 7.97. The standard InChI is InChI=1S/C21H28N4O/c1-15-8-16(2)10-17(9-15)12-25-7-6-24(14-20(25)26)13-19-11-22-23(3)21(19)18-4-5-18/h8-11,18H,4-7,12-14H2,1-3H3. The molecule has 1 saturated carbocycles. The molecule has 1 aliphatic heterocycles. The molecule has 2 aliphatic rings. The highest BCUT2D eigenvalue weighted by Crippen LogP contribution is 2.41. The van der Waals surface area contributed by atoms with Crippen molar-refractivity contribution < 1.29 is 4.79 Å². The molecule has 0 unspecified atom stereocenters. The minimum Gasteiger partial charge on any atom is -0.336 e. The Morgan fingerprint density at radius 1 is 1.08 bits per heavy atom. The number of hydrogen-bond donors (Lipinski definition) is 0. The zero-order valence-electron chi connectivity index (χ0n) is 16.0. The van der Waals surface area contributed by atoms with E-state index in [9.17, 15) is 4.79 Å². The van der Waals surface area contributed by atoms with Crippen LogP contribution >= 0.6 is 0 Å². The summed E-state index contributed by atoms with van der Waals surface area (Å²) in [7, 11) is 2.03. The highest BCUT2D eigenvalue weighted by atomic mass is 16.2. The van der Waals surface area contributed by atoms with Crippen LogP contribution in [0.3, 0.4) is 0 Å². The second kappa shape index (κ2) is 6.88. The third-order valence-electron chi connectivity index (χ3n) is 5.48. The molecule has 1 aromatic heterocycles. The van der Waals surface area contributed by atoms with E-state index in [0.717, 1.165) is 26.2 Å². The first-order chi connectivity index (χ1) is 12.5. The summed E-state index contributed by atoms with van der Waals surface area (Å²) in [5, 5.41) is 4.44. The molecule has 5 heteroatoms. The van der Waals surface area contributed by atoms with Gasteiger partial charge in [-0.1, -0.05) is 29.3 Å². The number of nitrogens with zero attached hydrogens (tertiary/aromatic N) is 4. The Morgan fingerprint density at radius 3 is 2.46 bits per heavy atom. The molecule has 0 atom stereocenters. The minimum absolute atomic E-state index is 0.229. The molecule has 0 bridgehead atoms. The van der Waals surface area contributed by atoms with Crippen LogP contribution in [0.15, 0.2) is 24.4 Å². The van der Waals surface area contributed by atoms with Gasteiger partial charge in [0.05, 0.1) is 12.7 Å². The lowest BCUT2D eigenvalue weighted by Gasteiger charge is -2.34. The summed E-state index contributed by atoms with van der Waals surface area (Å²) in [6, 6.07) is 6.54. The molecule has 5 nitrogen and oxygen atoms in total. The summed E-state index contributed by atoms with van der Waals surface area (Å²) in [6.45, 7) is 8.01. The van der Waals surface area contributed by atoms with Gasteiger partial charge < -0.3 is 4.90 Å². The van der Waals surface area contributed by atoms with E-state index in [4.69, 9.17) is 0 Å². The van der Waals surface area contributed by atoms with Crippen molar-refractivity contribution in [3.8, 4) is 0 Å². The van der Waals surface area contributed by atoms with Crippen LogP contribution in [0, 0.1) is 13.8 Å². The monoisotopic (exact) mass is 352 g/mol. The molecule has 2 fully saturated rings. The van der Waals surface area contributed by atoms with Crippen LogP contribution in [0.25, 0.3) is 0 Å². The van der Waals surface area contributed by atoms with Crippen molar-refractivity contribution in [2.24, 2.45) is 7.05 Å². The highest BCUT2D eigenvalue weighted by molar-refractivity contribution is 5.79. The summed E-state index contributed by atoms with van der Waals surface area (Å²) in [6.07, 6.45) is 4.53. The summed E-state index contributed by atoms with van der Waals surface area (Å²) in [5.41, 5.74) is 6.42. The molecule has 138 valence electrons. The van der Waals surface area contributed by atoms with Crippen LogP contribution < -0.4 is 0 Å². The summed E-state index contributed by atoms with van der Waals surface area (Å²) in [4.78, 5) is 16.9. The molecular formula is C21H28N4O. The number of carbonyl (C=O) groups is 1. The number of amides is 1. The van der Waals surface area contributed by atoms with E-state index in [0.29, 0.717) is 12.5 Å². The second-order valence-corrected chi connectivity index (χ2v) is 7.97. The predicted octanol–water partition coefficient (Wildman–Crippen LogP) is 2.76. The van der Waals surface area contributed by atoms with Gasteiger partial charge >= 0.3 is 0 Å². The third-order valence-corrected chi connectivity index (χ3v) is 5.48. The SMILES string of the molecule is Cc1cc(C)cc(CN2CCN(Cc3cnn(C)c3C3CC3)CC2=O)c1. The van der Waals surface area contributed by atoms with Crippen LogP contribution in [0.2, 0.25) is 0 Å². The van der Waals surface area contributed by atoms with Crippen molar-refractivity contribution >= 4 is 5.91 Å². The fraction of sp³-hybridized carbons (Fsp3) is 0.524. The van der Waals surface area contributed by atoms with Gasteiger partial charge in [0.2, 0.25) is 5.91 Å². The predicted molar refractivity (Wildman–Crippen MR) is 102 cm³/mol. The maximum atomic E-state index is 12.7. The third kappa shape index (κ3) is 3.68. The van der Waals surface area contributed by atoms with E-state index in [-0.39, 0.29) is 5.91 Å². The molecule has 1 aromatic carbocycles. The van der Waals surface area contributed by atoms with Crippen molar-refractivity contribution in [1.82, 2.24) is 19.6 Å². The minimum atomic E-state index is 0.229. The Kier molecular flexibility index (Phi) is 4.57. The van der Waals surface area contributed by atoms with E-state index >= 15 is 0 Å². The molecule has 1 aliphatic carbocycles. The number of benzene rings is 1. The van der Waals surface area contributed by atoms with Gasteiger partial charge in [0, 0.05) is 50.4 Å². The van der Waals surface area contributed by atoms with E-state index < -0.39 is 0 Å². The number of piperazine rings is 1. The zero-order chi connectivity index (χ0) is 18.3. The fourth-order valence-corrected chi connectivity index (χ4v) is 4.18. The summed E-state index contributed by atoms with van der Waals surface area (Å²) < 4.78 is 2.02. The normalized spacial score (nSPS) is 18.6. The number of carbonyl (C=O) groups excluding carboxylic acids is 1. The summed E-state index contributed by atoms with van der Waals surface area (Å²) in [5.74, 6) is 0.909. The Morgan fingerprint density at radius 2 is 1.81 bits per heavy atom. The van der Waals surface area contributed by atoms with Gasteiger partial charge in [-0.2, -0.15) is 5.10 Å². The van der Waals surface area contributed by atoms with Crippen LogP contribution in [-0.4, -0.2) is 45.1 Å². The van der Waals surface area contributed by atoms with E-state index in [2.05, 4.69) is 42.0 Å². The number of rotatable bonds is 5. The molecule has 1 saturated heterocycles. The van der Waals surface area contributed by atoms with Crippen molar-refractivity contribution in [3.63, 3.8) is 0 Å². The molecule has 0 spiro atoms.